The molecule has 0 saturated heterocycles. The van der Waals surface area contributed by atoms with Crippen LogP contribution in [0, 0.1) is 20.8 Å². The number of ether oxygens (including phenoxy) is 1. The number of halogens is 1. The number of hydrogen-bond acceptors (Lipinski definition) is 2. The topological polar surface area (TPSA) is 29.5 Å². The van der Waals surface area contributed by atoms with Crippen molar-refractivity contribution in [2.75, 3.05) is 0 Å². The average molecular weight is 291 g/mol. The van der Waals surface area contributed by atoms with E-state index in [1.807, 2.05) is 26.0 Å². The van der Waals surface area contributed by atoms with Crippen molar-refractivity contribution >= 4 is 11.6 Å². The fourth-order valence-corrected chi connectivity index (χ4v) is 2.44. The monoisotopic (exact) mass is 290 g/mol. The Morgan fingerprint density at radius 3 is 2.30 bits per heavy atom. The lowest BCUT2D eigenvalue weighted by Crippen LogP contribution is -1.96. The molecule has 3 heteroatoms. The van der Waals surface area contributed by atoms with Crippen molar-refractivity contribution in [1.82, 2.24) is 0 Å². The molecule has 0 radical (unpaired) electrons. The number of hydrogen-bond donors (Lipinski definition) is 1. The van der Waals surface area contributed by atoms with Gasteiger partial charge < -0.3 is 9.84 Å². The van der Waals surface area contributed by atoms with Crippen LogP contribution in [0.2, 0.25) is 5.02 Å². The maximum Gasteiger partial charge on any atom is 0.133 e. The van der Waals surface area contributed by atoms with Gasteiger partial charge in [-0.15, -0.1) is 0 Å². The first-order valence-electron chi connectivity index (χ1n) is 6.62. The van der Waals surface area contributed by atoms with Crippen LogP contribution in [-0.2, 0) is 0 Å². The van der Waals surface area contributed by atoms with Gasteiger partial charge in [-0.25, -0.2) is 0 Å². The van der Waals surface area contributed by atoms with Crippen LogP contribution in [0.1, 0.15) is 35.3 Å². The predicted octanol–water partition coefficient (Wildman–Crippen LogP) is 5.11. The van der Waals surface area contributed by atoms with Crippen molar-refractivity contribution < 1.29 is 9.84 Å². The third kappa shape index (κ3) is 2.97. The largest absolute Gasteiger partial charge is 0.457 e. The predicted molar refractivity (Wildman–Crippen MR) is 82.8 cm³/mol. The molecule has 1 unspecified atom stereocenters. The smallest absolute Gasteiger partial charge is 0.133 e. The van der Waals surface area contributed by atoms with Gasteiger partial charge in [0.25, 0.3) is 0 Å². The van der Waals surface area contributed by atoms with E-state index in [0.717, 1.165) is 16.9 Å². The van der Waals surface area contributed by atoms with Crippen LogP contribution >= 0.6 is 11.6 Å². The Morgan fingerprint density at radius 2 is 1.70 bits per heavy atom. The van der Waals surface area contributed by atoms with Gasteiger partial charge in [0, 0.05) is 0 Å². The first kappa shape index (κ1) is 14.9. The van der Waals surface area contributed by atoms with Crippen LogP contribution in [-0.4, -0.2) is 5.11 Å². The zero-order valence-electron chi connectivity index (χ0n) is 12.2. The quantitative estimate of drug-likeness (QED) is 0.851. The van der Waals surface area contributed by atoms with Gasteiger partial charge in [0.05, 0.1) is 11.1 Å². The first-order valence-corrected chi connectivity index (χ1v) is 7.00. The molecule has 0 aliphatic rings. The Morgan fingerprint density at radius 1 is 1.05 bits per heavy atom. The van der Waals surface area contributed by atoms with Gasteiger partial charge in [-0.3, -0.25) is 0 Å². The van der Waals surface area contributed by atoms with Gasteiger partial charge in [0.1, 0.15) is 11.5 Å². The van der Waals surface area contributed by atoms with Crippen molar-refractivity contribution in [3.63, 3.8) is 0 Å². The van der Waals surface area contributed by atoms with Crippen LogP contribution in [0.3, 0.4) is 0 Å². The summed E-state index contributed by atoms with van der Waals surface area (Å²) in [7, 11) is 0. The number of rotatable bonds is 3. The fraction of sp³-hybridized carbons (Fsp3) is 0.294. The molecule has 0 fully saturated rings. The molecule has 20 heavy (non-hydrogen) atoms. The molecule has 106 valence electrons. The highest BCUT2D eigenvalue weighted by atomic mass is 35.5. The van der Waals surface area contributed by atoms with Crippen molar-refractivity contribution in [2.45, 2.75) is 33.8 Å². The molecule has 1 atom stereocenters. The Hall–Kier alpha value is -1.51. The SMILES string of the molecule is Cc1ccc(C)c(Oc2ccc(C(C)O)c(Cl)c2)c1C. The van der Waals surface area contributed by atoms with E-state index in [1.54, 1.807) is 19.1 Å². The lowest BCUT2D eigenvalue weighted by molar-refractivity contribution is 0.199. The second-order valence-electron chi connectivity index (χ2n) is 5.11. The molecule has 0 heterocycles. The normalized spacial score (nSPS) is 12.3. The molecular formula is C17H19ClO2. The lowest BCUT2D eigenvalue weighted by Gasteiger charge is -2.15. The van der Waals surface area contributed by atoms with Crippen LogP contribution in [0.15, 0.2) is 30.3 Å². The van der Waals surface area contributed by atoms with Crippen LogP contribution < -0.4 is 4.74 Å². The van der Waals surface area contributed by atoms with Gasteiger partial charge in [-0.1, -0.05) is 29.8 Å². The number of aryl methyl sites for hydroxylation is 2. The van der Waals surface area contributed by atoms with Crippen LogP contribution in [0.4, 0.5) is 0 Å². The molecular weight excluding hydrogens is 272 g/mol. The molecule has 0 amide bonds. The van der Waals surface area contributed by atoms with Crippen molar-refractivity contribution in [3.8, 4) is 11.5 Å². The summed E-state index contributed by atoms with van der Waals surface area (Å²) in [6.45, 7) is 7.82. The standard InChI is InChI=1S/C17H19ClO2/c1-10-5-6-11(2)17(12(10)3)20-14-7-8-15(13(4)19)16(18)9-14/h5-9,13,19H,1-4H3. The molecule has 0 aromatic heterocycles. The molecule has 2 rings (SSSR count). The second-order valence-corrected chi connectivity index (χ2v) is 5.52. The van der Waals surface area contributed by atoms with E-state index in [2.05, 4.69) is 13.0 Å². The summed E-state index contributed by atoms with van der Waals surface area (Å²) in [6, 6.07) is 9.49. The Kier molecular flexibility index (Phi) is 4.36. The molecule has 2 aromatic rings. The summed E-state index contributed by atoms with van der Waals surface area (Å²) >= 11 is 6.16. The Balaban J connectivity index is 2.36. The minimum Gasteiger partial charge on any atom is -0.457 e. The van der Waals surface area contributed by atoms with Crippen LogP contribution in [0.25, 0.3) is 0 Å². The number of aliphatic hydroxyl groups excluding tert-OH is 1. The van der Waals surface area contributed by atoms with Crippen molar-refractivity contribution in [1.29, 1.82) is 0 Å². The van der Waals surface area contributed by atoms with Gasteiger partial charge in [-0.05, 0) is 62.1 Å². The summed E-state index contributed by atoms with van der Waals surface area (Å²) in [4.78, 5) is 0. The molecule has 0 aliphatic heterocycles. The molecule has 2 aromatic carbocycles. The third-order valence-corrected chi connectivity index (χ3v) is 3.84. The second kappa shape index (κ2) is 5.86. The molecule has 0 aliphatic carbocycles. The molecule has 0 spiro atoms. The van der Waals surface area contributed by atoms with Gasteiger partial charge in [0.2, 0.25) is 0 Å². The van der Waals surface area contributed by atoms with Crippen molar-refractivity contribution in [2.24, 2.45) is 0 Å². The minimum absolute atomic E-state index is 0.514. The Labute approximate surface area is 125 Å². The third-order valence-electron chi connectivity index (χ3n) is 3.52. The molecule has 0 bridgehead atoms. The van der Waals surface area contributed by atoms with Gasteiger partial charge in [-0.2, -0.15) is 0 Å². The zero-order chi connectivity index (χ0) is 14.9. The van der Waals surface area contributed by atoms with E-state index in [0.29, 0.717) is 16.3 Å². The summed E-state index contributed by atoms with van der Waals surface area (Å²) in [5.74, 6) is 1.54. The molecule has 0 saturated carbocycles. The van der Waals surface area contributed by atoms with E-state index in [9.17, 15) is 5.11 Å². The maximum absolute atomic E-state index is 9.58. The number of benzene rings is 2. The first-order chi connectivity index (χ1) is 9.40. The highest BCUT2D eigenvalue weighted by molar-refractivity contribution is 6.31. The highest BCUT2D eigenvalue weighted by Gasteiger charge is 2.11. The number of aliphatic hydroxyl groups is 1. The van der Waals surface area contributed by atoms with E-state index in [1.165, 1.54) is 5.56 Å². The van der Waals surface area contributed by atoms with Crippen LogP contribution in [0.5, 0.6) is 11.5 Å². The average Bonchev–Trinajstić information content (AvgIpc) is 2.39. The summed E-state index contributed by atoms with van der Waals surface area (Å²) in [5, 5.41) is 10.1. The van der Waals surface area contributed by atoms with E-state index in [-0.39, 0.29) is 0 Å². The molecule has 2 nitrogen and oxygen atoms in total. The lowest BCUT2D eigenvalue weighted by atomic mass is 10.1. The van der Waals surface area contributed by atoms with E-state index < -0.39 is 6.10 Å². The van der Waals surface area contributed by atoms with Gasteiger partial charge >= 0.3 is 0 Å². The minimum atomic E-state index is -0.584. The van der Waals surface area contributed by atoms with E-state index in [4.69, 9.17) is 16.3 Å². The van der Waals surface area contributed by atoms with Crippen molar-refractivity contribution in [3.05, 3.63) is 57.6 Å². The Bertz CT molecular complexity index is 633. The zero-order valence-corrected chi connectivity index (χ0v) is 13.0. The summed E-state index contributed by atoms with van der Waals surface area (Å²) < 4.78 is 5.97. The highest BCUT2D eigenvalue weighted by Crippen LogP contribution is 2.33. The summed E-state index contributed by atoms with van der Waals surface area (Å²) in [5.41, 5.74) is 4.11. The van der Waals surface area contributed by atoms with Gasteiger partial charge in [0.15, 0.2) is 0 Å². The van der Waals surface area contributed by atoms with E-state index >= 15 is 0 Å². The maximum atomic E-state index is 9.58. The summed E-state index contributed by atoms with van der Waals surface area (Å²) in [6.07, 6.45) is -0.584. The molecule has 1 N–H and O–H groups in total. The fourth-order valence-electron chi connectivity index (χ4n) is 2.11.